The van der Waals surface area contributed by atoms with Gasteiger partial charge >= 0.3 is 5.97 Å². The third kappa shape index (κ3) is 5.69. The van der Waals surface area contributed by atoms with Crippen molar-refractivity contribution in [2.75, 3.05) is 11.9 Å². The summed E-state index contributed by atoms with van der Waals surface area (Å²) in [4.78, 5) is 27.7. The van der Waals surface area contributed by atoms with Gasteiger partial charge in [-0.1, -0.05) is 12.1 Å². The molecule has 3 rings (SSSR count). The van der Waals surface area contributed by atoms with E-state index in [1.807, 2.05) is 13.0 Å². The molecule has 1 atom stereocenters. The van der Waals surface area contributed by atoms with E-state index in [1.54, 1.807) is 30.5 Å². The third-order valence-corrected chi connectivity index (χ3v) is 4.20. The van der Waals surface area contributed by atoms with Crippen LogP contribution in [0.4, 0.5) is 10.2 Å². The van der Waals surface area contributed by atoms with Crippen LogP contribution in [0.15, 0.2) is 48.7 Å². The molecule has 3 aromatic rings. The van der Waals surface area contributed by atoms with E-state index in [1.165, 1.54) is 12.1 Å². The molecule has 0 aliphatic rings. The summed E-state index contributed by atoms with van der Waals surface area (Å²) in [7, 11) is 0. The number of benzene rings is 1. The maximum absolute atomic E-state index is 13.1. The van der Waals surface area contributed by atoms with Crippen LogP contribution in [0.3, 0.4) is 0 Å². The highest BCUT2D eigenvalue weighted by atomic mass is 19.1. The Morgan fingerprint density at radius 3 is 2.66 bits per heavy atom. The molecule has 1 amide bonds. The van der Waals surface area contributed by atoms with Crippen LogP contribution < -0.4 is 10.6 Å². The molecule has 0 spiro atoms. The highest BCUT2D eigenvalue weighted by molar-refractivity contribution is 5.95. The SMILES string of the molecule is Cc1cc(-c2cc(NC(=O)[C@H](Cc3ccc(F)cc3)NCC(=O)O)[nH]n2)ccn1. The minimum atomic E-state index is -1.08. The number of nitrogens with zero attached hydrogens (tertiary/aromatic N) is 2. The quantitative estimate of drug-likeness (QED) is 0.462. The Hall–Kier alpha value is -3.59. The van der Waals surface area contributed by atoms with Gasteiger partial charge in [-0.3, -0.25) is 25.0 Å². The first kappa shape index (κ1) is 20.2. The maximum atomic E-state index is 13.1. The average molecular weight is 397 g/mol. The predicted molar refractivity (Wildman–Crippen MR) is 105 cm³/mol. The molecule has 9 heteroatoms. The number of aliphatic carboxylic acids is 1. The van der Waals surface area contributed by atoms with E-state index in [2.05, 4.69) is 25.8 Å². The average Bonchev–Trinajstić information content (AvgIpc) is 3.15. The van der Waals surface area contributed by atoms with E-state index >= 15 is 0 Å². The largest absolute Gasteiger partial charge is 0.480 e. The number of hydrogen-bond donors (Lipinski definition) is 4. The van der Waals surface area contributed by atoms with Crippen molar-refractivity contribution in [2.45, 2.75) is 19.4 Å². The van der Waals surface area contributed by atoms with E-state index in [4.69, 9.17) is 5.11 Å². The van der Waals surface area contributed by atoms with Crippen LogP contribution in [-0.2, 0) is 16.0 Å². The van der Waals surface area contributed by atoms with Gasteiger partial charge in [0.2, 0.25) is 5.91 Å². The first-order valence-electron chi connectivity index (χ1n) is 8.89. The van der Waals surface area contributed by atoms with Crippen molar-refractivity contribution in [3.8, 4) is 11.3 Å². The number of aromatic amines is 1. The summed E-state index contributed by atoms with van der Waals surface area (Å²) in [5, 5.41) is 21.3. The number of hydrogen-bond acceptors (Lipinski definition) is 5. The fourth-order valence-electron chi connectivity index (χ4n) is 2.78. The number of aromatic nitrogens is 3. The molecule has 2 aromatic heterocycles. The lowest BCUT2D eigenvalue weighted by molar-refractivity contribution is -0.136. The number of aryl methyl sites for hydroxylation is 1. The van der Waals surface area contributed by atoms with Crippen LogP contribution in [0, 0.1) is 12.7 Å². The van der Waals surface area contributed by atoms with E-state index in [9.17, 15) is 14.0 Å². The molecule has 1 aromatic carbocycles. The van der Waals surface area contributed by atoms with Gasteiger partial charge in [-0.15, -0.1) is 0 Å². The number of carboxylic acids is 1. The number of nitrogens with one attached hydrogen (secondary N) is 3. The molecular formula is C20H20FN5O3. The second kappa shape index (κ2) is 9.07. The zero-order valence-electron chi connectivity index (χ0n) is 15.6. The standard InChI is InChI=1S/C20H20FN5O3/c1-12-8-14(6-7-22-12)16-10-18(26-25-16)24-20(29)17(23-11-19(27)28)9-13-2-4-15(21)5-3-13/h2-8,10,17,23H,9,11H2,1H3,(H,27,28)(H2,24,25,26,29)/t17-/m0/s1. The smallest absolute Gasteiger partial charge is 0.317 e. The first-order valence-corrected chi connectivity index (χ1v) is 8.89. The number of halogens is 1. The summed E-state index contributed by atoms with van der Waals surface area (Å²) in [6.45, 7) is 1.48. The molecule has 4 N–H and O–H groups in total. The number of pyridine rings is 1. The van der Waals surface area contributed by atoms with Crippen LogP contribution in [0.5, 0.6) is 0 Å². The van der Waals surface area contributed by atoms with Crippen molar-refractivity contribution in [1.29, 1.82) is 0 Å². The molecule has 0 saturated carbocycles. The van der Waals surface area contributed by atoms with Crippen molar-refractivity contribution in [2.24, 2.45) is 0 Å². The Morgan fingerprint density at radius 1 is 1.21 bits per heavy atom. The first-order chi connectivity index (χ1) is 13.9. The monoisotopic (exact) mass is 397 g/mol. The molecule has 29 heavy (non-hydrogen) atoms. The zero-order valence-corrected chi connectivity index (χ0v) is 15.6. The summed E-state index contributed by atoms with van der Waals surface area (Å²) < 4.78 is 13.1. The van der Waals surface area contributed by atoms with Gasteiger partial charge in [0.05, 0.1) is 18.3 Å². The van der Waals surface area contributed by atoms with Gasteiger partial charge in [0.1, 0.15) is 11.6 Å². The van der Waals surface area contributed by atoms with Gasteiger partial charge in [-0.05, 0) is 43.2 Å². The summed E-state index contributed by atoms with van der Waals surface area (Å²) in [6.07, 6.45) is 1.87. The summed E-state index contributed by atoms with van der Waals surface area (Å²) >= 11 is 0. The van der Waals surface area contributed by atoms with Gasteiger partial charge < -0.3 is 10.4 Å². The molecule has 0 aliphatic carbocycles. The zero-order chi connectivity index (χ0) is 20.8. The molecule has 0 unspecified atom stereocenters. The normalized spacial score (nSPS) is 11.8. The number of carboxylic acid groups (broad SMARTS) is 1. The molecule has 0 aliphatic heterocycles. The van der Waals surface area contributed by atoms with Gasteiger partial charge in [0.15, 0.2) is 0 Å². The molecule has 2 heterocycles. The highest BCUT2D eigenvalue weighted by Gasteiger charge is 2.20. The Morgan fingerprint density at radius 2 is 1.97 bits per heavy atom. The van der Waals surface area contributed by atoms with Crippen molar-refractivity contribution in [3.63, 3.8) is 0 Å². The van der Waals surface area contributed by atoms with Crippen molar-refractivity contribution >= 4 is 17.7 Å². The predicted octanol–water partition coefficient (Wildman–Crippen LogP) is 2.14. The van der Waals surface area contributed by atoms with E-state index < -0.39 is 17.9 Å². The van der Waals surface area contributed by atoms with E-state index in [0.717, 1.165) is 11.3 Å². The number of rotatable bonds is 8. The number of amides is 1. The Bertz CT molecular complexity index is 1000. The lowest BCUT2D eigenvalue weighted by Gasteiger charge is -2.17. The number of anilines is 1. The van der Waals surface area contributed by atoms with Gasteiger partial charge in [-0.25, -0.2) is 4.39 Å². The second-order valence-electron chi connectivity index (χ2n) is 6.50. The Balaban J connectivity index is 1.72. The summed E-state index contributed by atoms with van der Waals surface area (Å²) in [6, 6.07) is 10.2. The lowest BCUT2D eigenvalue weighted by atomic mass is 10.1. The van der Waals surface area contributed by atoms with E-state index in [-0.39, 0.29) is 18.8 Å². The summed E-state index contributed by atoms with van der Waals surface area (Å²) in [5.74, 6) is -1.53. The van der Waals surface area contributed by atoms with Crippen LogP contribution in [0.1, 0.15) is 11.3 Å². The molecule has 150 valence electrons. The summed E-state index contributed by atoms with van der Waals surface area (Å²) in [5.41, 5.74) is 3.02. The van der Waals surface area contributed by atoms with Crippen molar-refractivity contribution in [3.05, 3.63) is 65.7 Å². The Kier molecular flexibility index (Phi) is 6.30. The molecule has 0 saturated heterocycles. The number of carbonyl (C=O) groups excluding carboxylic acids is 1. The molecule has 0 radical (unpaired) electrons. The topological polar surface area (TPSA) is 120 Å². The minimum absolute atomic E-state index is 0.198. The Labute approximate surface area is 166 Å². The van der Waals surface area contributed by atoms with Crippen LogP contribution in [-0.4, -0.2) is 44.8 Å². The van der Waals surface area contributed by atoms with Crippen molar-refractivity contribution in [1.82, 2.24) is 20.5 Å². The van der Waals surface area contributed by atoms with Crippen LogP contribution >= 0.6 is 0 Å². The number of carbonyl (C=O) groups is 2. The molecule has 8 nitrogen and oxygen atoms in total. The highest BCUT2D eigenvalue weighted by Crippen LogP contribution is 2.20. The second-order valence-corrected chi connectivity index (χ2v) is 6.50. The fraction of sp³-hybridized carbons (Fsp3) is 0.200. The van der Waals surface area contributed by atoms with Gasteiger partial charge in [0, 0.05) is 23.5 Å². The number of H-pyrrole nitrogens is 1. The minimum Gasteiger partial charge on any atom is -0.480 e. The van der Waals surface area contributed by atoms with Gasteiger partial charge in [-0.2, -0.15) is 5.10 Å². The van der Waals surface area contributed by atoms with Crippen LogP contribution in [0.2, 0.25) is 0 Å². The molecular weight excluding hydrogens is 377 g/mol. The fourth-order valence-corrected chi connectivity index (χ4v) is 2.78. The van der Waals surface area contributed by atoms with Gasteiger partial charge in [0.25, 0.3) is 0 Å². The third-order valence-electron chi connectivity index (χ3n) is 4.20. The van der Waals surface area contributed by atoms with Crippen LogP contribution in [0.25, 0.3) is 11.3 Å². The maximum Gasteiger partial charge on any atom is 0.317 e. The molecule has 0 bridgehead atoms. The van der Waals surface area contributed by atoms with E-state index in [0.29, 0.717) is 17.1 Å². The van der Waals surface area contributed by atoms with Crippen molar-refractivity contribution < 1.29 is 19.1 Å². The molecule has 0 fully saturated rings. The lowest BCUT2D eigenvalue weighted by Crippen LogP contribution is -2.44.